The molecule has 9 heteroatoms. The highest BCUT2D eigenvalue weighted by Crippen LogP contribution is 2.44. The Morgan fingerprint density at radius 3 is 2.05 bits per heavy atom. The number of methoxy groups -OCH3 is 6. The molecule has 1 aliphatic carbocycles. The van der Waals surface area contributed by atoms with E-state index in [9.17, 15) is 5.11 Å². The maximum absolute atomic E-state index is 10.4. The minimum atomic E-state index is -0.239. The van der Waals surface area contributed by atoms with E-state index < -0.39 is 0 Å². The third-order valence-corrected chi connectivity index (χ3v) is 7.26. The highest BCUT2D eigenvalue weighted by molar-refractivity contribution is 5.61. The molecule has 5 rings (SSSR count). The molecule has 2 heterocycles. The lowest BCUT2D eigenvalue weighted by Gasteiger charge is -2.43. The van der Waals surface area contributed by atoms with Crippen LogP contribution in [0, 0.1) is 0 Å². The molecule has 3 aliphatic rings. The van der Waals surface area contributed by atoms with Crippen LogP contribution in [0.4, 0.5) is 0 Å². The molecule has 0 spiro atoms. The van der Waals surface area contributed by atoms with Crippen LogP contribution >= 0.6 is 0 Å². The van der Waals surface area contributed by atoms with Gasteiger partial charge in [0.15, 0.2) is 34.5 Å². The van der Waals surface area contributed by atoms with E-state index in [0.29, 0.717) is 47.6 Å². The summed E-state index contributed by atoms with van der Waals surface area (Å²) < 4.78 is 33.6. The fourth-order valence-corrected chi connectivity index (χ4v) is 5.42. The number of hydrogen-bond acceptors (Lipinski definition) is 9. The van der Waals surface area contributed by atoms with Crippen molar-refractivity contribution in [2.75, 3.05) is 42.7 Å². The van der Waals surface area contributed by atoms with Crippen LogP contribution in [0.3, 0.4) is 0 Å². The number of benzene rings is 2. The number of hydrogen-bond donors (Lipinski definition) is 1. The van der Waals surface area contributed by atoms with E-state index in [1.165, 1.54) is 7.11 Å². The third kappa shape index (κ3) is 4.68. The van der Waals surface area contributed by atoms with Crippen molar-refractivity contribution in [3.05, 3.63) is 100 Å². The lowest BCUT2D eigenvalue weighted by molar-refractivity contribution is 0.167. The molecule has 1 atom stereocenters. The van der Waals surface area contributed by atoms with Gasteiger partial charge >= 0.3 is 0 Å². The molecule has 1 N–H and O–H groups in total. The number of nitrogens with zero attached hydrogens (tertiary/aromatic N) is 2. The zero-order valence-electron chi connectivity index (χ0n) is 23.6. The van der Waals surface area contributed by atoms with E-state index >= 15 is 0 Å². The molecule has 40 heavy (non-hydrogen) atoms. The molecule has 2 aromatic carbocycles. The molecule has 9 nitrogen and oxygen atoms in total. The highest BCUT2D eigenvalue weighted by atomic mass is 16.5. The van der Waals surface area contributed by atoms with Gasteiger partial charge in [0.25, 0.3) is 0 Å². The number of ether oxygens (including phenoxy) is 6. The number of phenols is 1. The number of aromatic hydroxyl groups is 1. The van der Waals surface area contributed by atoms with Gasteiger partial charge < -0.3 is 43.3 Å². The first-order valence-corrected chi connectivity index (χ1v) is 12.8. The SMILES string of the molecule is COC1=C(OC)C2C3=C(C=CN2Cc2ccc(OC)c(O)c2)N(Cc2cc(OC)c(OC)c(OC)c2)C=CC3=C1. The van der Waals surface area contributed by atoms with Gasteiger partial charge in [-0.3, -0.25) is 0 Å². The van der Waals surface area contributed by atoms with Gasteiger partial charge in [-0.25, -0.2) is 0 Å². The molecule has 0 aromatic heterocycles. The van der Waals surface area contributed by atoms with Gasteiger partial charge in [-0.1, -0.05) is 6.07 Å². The molecule has 210 valence electrons. The zero-order valence-corrected chi connectivity index (χ0v) is 23.6. The predicted octanol–water partition coefficient (Wildman–Crippen LogP) is 4.85. The minimum absolute atomic E-state index is 0.0994. The first-order chi connectivity index (χ1) is 19.5. The van der Waals surface area contributed by atoms with Crippen molar-refractivity contribution in [3.8, 4) is 28.7 Å². The summed E-state index contributed by atoms with van der Waals surface area (Å²) in [5, 5.41) is 10.4. The average Bonchev–Trinajstić information content (AvgIpc) is 2.98. The Kier molecular flexibility index (Phi) is 7.55. The topological polar surface area (TPSA) is 82.1 Å². The molecule has 0 saturated carbocycles. The first-order valence-electron chi connectivity index (χ1n) is 12.8. The van der Waals surface area contributed by atoms with Crippen LogP contribution in [0.5, 0.6) is 28.7 Å². The van der Waals surface area contributed by atoms with E-state index in [0.717, 1.165) is 28.0 Å². The van der Waals surface area contributed by atoms with Crippen LogP contribution in [0.1, 0.15) is 11.1 Å². The van der Waals surface area contributed by atoms with Gasteiger partial charge in [0.1, 0.15) is 6.04 Å². The molecule has 0 radical (unpaired) electrons. The highest BCUT2D eigenvalue weighted by Gasteiger charge is 2.39. The molecular formula is C31H34N2O7. The standard InChI is InChI=1S/C31H34N2O7/c1-35-24-8-7-19(13-23(24)34)17-33-12-10-22-28-21(16-27(38-4)31(40-6)29(28)33)9-11-32(22)18-20-14-25(36-2)30(39-5)26(15-20)37-3/h7-16,29,34H,17-18H2,1-6H3. The Hall–Kier alpha value is -4.66. The maximum Gasteiger partial charge on any atom is 0.203 e. The molecule has 1 unspecified atom stereocenters. The molecule has 2 aromatic rings. The van der Waals surface area contributed by atoms with Gasteiger partial charge in [0.05, 0.1) is 42.7 Å². The Balaban J connectivity index is 1.53. The summed E-state index contributed by atoms with van der Waals surface area (Å²) in [7, 11) is 9.67. The molecule has 0 saturated heterocycles. The van der Waals surface area contributed by atoms with Crippen LogP contribution in [-0.4, -0.2) is 63.6 Å². The monoisotopic (exact) mass is 546 g/mol. The second-order valence-electron chi connectivity index (χ2n) is 9.41. The lowest BCUT2D eigenvalue weighted by Crippen LogP contribution is -2.42. The summed E-state index contributed by atoms with van der Waals surface area (Å²) in [6.45, 7) is 1.11. The van der Waals surface area contributed by atoms with Gasteiger partial charge in [0.2, 0.25) is 5.75 Å². The van der Waals surface area contributed by atoms with Crippen molar-refractivity contribution in [1.82, 2.24) is 9.80 Å². The van der Waals surface area contributed by atoms with Crippen molar-refractivity contribution < 1.29 is 33.5 Å². The van der Waals surface area contributed by atoms with Crippen molar-refractivity contribution in [1.29, 1.82) is 0 Å². The van der Waals surface area contributed by atoms with E-state index in [-0.39, 0.29) is 11.8 Å². The van der Waals surface area contributed by atoms with Gasteiger partial charge in [-0.15, -0.1) is 0 Å². The summed E-state index contributed by atoms with van der Waals surface area (Å²) in [6.07, 6.45) is 10.3. The summed E-state index contributed by atoms with van der Waals surface area (Å²) in [5.41, 5.74) is 5.12. The molecule has 0 bridgehead atoms. The number of rotatable bonds is 10. The quantitative estimate of drug-likeness (QED) is 0.450. The lowest BCUT2D eigenvalue weighted by atomic mass is 9.84. The van der Waals surface area contributed by atoms with Gasteiger partial charge in [-0.2, -0.15) is 0 Å². The van der Waals surface area contributed by atoms with Crippen LogP contribution in [0.2, 0.25) is 0 Å². The van der Waals surface area contributed by atoms with Crippen LogP contribution in [0.15, 0.2) is 89.3 Å². The normalized spacial score (nSPS) is 17.4. The van der Waals surface area contributed by atoms with Crippen LogP contribution < -0.4 is 18.9 Å². The number of phenolic OH excluding ortho intramolecular Hbond substituents is 1. The van der Waals surface area contributed by atoms with Crippen LogP contribution in [-0.2, 0) is 22.6 Å². The zero-order chi connectivity index (χ0) is 28.4. The molecule has 2 aliphatic heterocycles. The molecular weight excluding hydrogens is 512 g/mol. The van der Waals surface area contributed by atoms with E-state index in [2.05, 4.69) is 34.4 Å². The number of allylic oxidation sites excluding steroid dienone is 3. The van der Waals surface area contributed by atoms with Crippen molar-refractivity contribution in [2.45, 2.75) is 19.1 Å². The van der Waals surface area contributed by atoms with Crippen molar-refractivity contribution in [3.63, 3.8) is 0 Å². The van der Waals surface area contributed by atoms with Crippen molar-refractivity contribution >= 4 is 0 Å². The second kappa shape index (κ2) is 11.2. The predicted molar refractivity (Wildman–Crippen MR) is 150 cm³/mol. The third-order valence-electron chi connectivity index (χ3n) is 7.26. The van der Waals surface area contributed by atoms with E-state index in [1.807, 2.05) is 24.3 Å². The largest absolute Gasteiger partial charge is 0.504 e. The Bertz CT molecular complexity index is 1430. The Morgan fingerprint density at radius 1 is 0.725 bits per heavy atom. The van der Waals surface area contributed by atoms with Gasteiger partial charge in [-0.05, 0) is 59.2 Å². The summed E-state index contributed by atoms with van der Waals surface area (Å²) in [6, 6.07) is 9.12. The second-order valence-corrected chi connectivity index (χ2v) is 9.41. The van der Waals surface area contributed by atoms with E-state index in [1.54, 1.807) is 47.7 Å². The fraction of sp³-hybridized carbons (Fsp3) is 0.290. The van der Waals surface area contributed by atoms with Crippen LogP contribution in [0.25, 0.3) is 0 Å². The average molecular weight is 547 g/mol. The summed E-state index contributed by atoms with van der Waals surface area (Å²) in [5.74, 6) is 3.69. The summed E-state index contributed by atoms with van der Waals surface area (Å²) >= 11 is 0. The Labute approximate surface area is 234 Å². The molecule has 0 amide bonds. The molecule has 0 fully saturated rings. The van der Waals surface area contributed by atoms with E-state index in [4.69, 9.17) is 28.4 Å². The van der Waals surface area contributed by atoms with Crippen molar-refractivity contribution in [2.24, 2.45) is 0 Å². The summed E-state index contributed by atoms with van der Waals surface area (Å²) in [4.78, 5) is 4.38. The Morgan fingerprint density at radius 2 is 1.45 bits per heavy atom. The minimum Gasteiger partial charge on any atom is -0.504 e. The smallest absolute Gasteiger partial charge is 0.203 e. The fourth-order valence-electron chi connectivity index (χ4n) is 5.42. The van der Waals surface area contributed by atoms with Gasteiger partial charge in [0, 0.05) is 36.8 Å². The first kappa shape index (κ1) is 26.9. The maximum atomic E-state index is 10.4.